The van der Waals surface area contributed by atoms with E-state index in [1.165, 1.54) is 23.1 Å². The number of anilines is 1. The van der Waals surface area contributed by atoms with Crippen LogP contribution in [0.1, 0.15) is 31.4 Å². The van der Waals surface area contributed by atoms with E-state index in [2.05, 4.69) is 26.9 Å². The summed E-state index contributed by atoms with van der Waals surface area (Å²) in [5, 5.41) is 24.0. The molecule has 0 saturated heterocycles. The van der Waals surface area contributed by atoms with Gasteiger partial charge in [-0.1, -0.05) is 23.1 Å². The molecule has 7 nitrogen and oxygen atoms in total. The molecule has 0 radical (unpaired) electrons. The molecular weight excluding hydrogens is 346 g/mol. The summed E-state index contributed by atoms with van der Waals surface area (Å²) < 4.78 is 5.95. The predicted molar refractivity (Wildman–Crippen MR) is 91.6 cm³/mol. The van der Waals surface area contributed by atoms with Crippen molar-refractivity contribution in [3.8, 4) is 6.07 Å². The summed E-state index contributed by atoms with van der Waals surface area (Å²) in [5.41, 5.74) is -0.672. The van der Waals surface area contributed by atoms with Gasteiger partial charge in [0.05, 0.1) is 24.6 Å². The van der Waals surface area contributed by atoms with E-state index in [1.54, 1.807) is 6.26 Å². The predicted octanol–water partition coefficient (Wildman–Crippen LogP) is 2.79. The average molecular weight is 363 g/mol. The summed E-state index contributed by atoms with van der Waals surface area (Å²) in [6.07, 6.45) is 5.07. The Hall–Kier alpha value is -2.05. The number of nitriles is 1. The lowest BCUT2D eigenvalue weighted by Gasteiger charge is -2.21. The fraction of sp³-hybridized carbons (Fsp3) is 0.467. The number of carbonyl (C=O) groups excluding carboxylic acids is 1. The van der Waals surface area contributed by atoms with Gasteiger partial charge in [0.1, 0.15) is 11.3 Å². The van der Waals surface area contributed by atoms with Gasteiger partial charge in [0.2, 0.25) is 11.0 Å². The molecule has 1 aliphatic carbocycles. The van der Waals surface area contributed by atoms with Crippen molar-refractivity contribution in [2.24, 2.45) is 0 Å². The van der Waals surface area contributed by atoms with Crippen molar-refractivity contribution in [1.29, 1.82) is 5.26 Å². The van der Waals surface area contributed by atoms with Crippen LogP contribution < -0.4 is 10.6 Å². The van der Waals surface area contributed by atoms with Gasteiger partial charge in [0, 0.05) is 0 Å². The second-order valence-corrected chi connectivity index (χ2v) is 7.74. The first-order valence-electron chi connectivity index (χ1n) is 7.64. The number of furan rings is 1. The molecule has 3 rings (SSSR count). The van der Waals surface area contributed by atoms with Gasteiger partial charge in [0.25, 0.3) is 0 Å². The molecule has 0 bridgehead atoms. The maximum absolute atomic E-state index is 12.1. The lowest BCUT2D eigenvalue weighted by molar-refractivity contribution is -0.119. The minimum Gasteiger partial charge on any atom is -0.467 e. The van der Waals surface area contributed by atoms with E-state index in [0.29, 0.717) is 16.0 Å². The first-order valence-corrected chi connectivity index (χ1v) is 9.44. The zero-order chi connectivity index (χ0) is 16.8. The van der Waals surface area contributed by atoms with Gasteiger partial charge >= 0.3 is 0 Å². The normalized spacial score (nSPS) is 15.8. The summed E-state index contributed by atoms with van der Waals surface area (Å²) in [5.74, 6) is 0.914. The Morgan fingerprint density at radius 3 is 3.00 bits per heavy atom. The summed E-state index contributed by atoms with van der Waals surface area (Å²) in [7, 11) is 0. The number of rotatable bonds is 7. The summed E-state index contributed by atoms with van der Waals surface area (Å²) in [6, 6.07) is 5.96. The maximum Gasteiger partial charge on any atom is 0.231 e. The zero-order valence-corrected chi connectivity index (χ0v) is 14.6. The Kier molecular flexibility index (Phi) is 5.37. The van der Waals surface area contributed by atoms with Crippen LogP contribution in [0.15, 0.2) is 27.2 Å². The first-order chi connectivity index (χ1) is 11.7. The Balaban J connectivity index is 1.45. The lowest BCUT2D eigenvalue weighted by atomic mass is 10.0. The molecule has 2 aromatic rings. The van der Waals surface area contributed by atoms with Crippen LogP contribution in [-0.2, 0) is 11.3 Å². The fourth-order valence-electron chi connectivity index (χ4n) is 2.59. The number of hydrogen-bond acceptors (Lipinski definition) is 8. The van der Waals surface area contributed by atoms with E-state index in [9.17, 15) is 10.1 Å². The van der Waals surface area contributed by atoms with Crippen molar-refractivity contribution < 1.29 is 9.21 Å². The average Bonchev–Trinajstić information content (AvgIpc) is 3.33. The Morgan fingerprint density at radius 2 is 2.29 bits per heavy atom. The highest BCUT2D eigenvalue weighted by Gasteiger charge is 2.35. The van der Waals surface area contributed by atoms with Gasteiger partial charge in [-0.3, -0.25) is 4.79 Å². The molecule has 1 fully saturated rings. The minimum atomic E-state index is -0.672. The van der Waals surface area contributed by atoms with Crippen molar-refractivity contribution in [1.82, 2.24) is 15.5 Å². The quantitative estimate of drug-likeness (QED) is 0.729. The zero-order valence-electron chi connectivity index (χ0n) is 12.9. The third-order valence-electron chi connectivity index (χ3n) is 3.78. The molecule has 0 aliphatic heterocycles. The minimum absolute atomic E-state index is 0.135. The van der Waals surface area contributed by atoms with E-state index in [-0.39, 0.29) is 11.7 Å². The van der Waals surface area contributed by atoms with E-state index in [1.807, 2.05) is 12.1 Å². The van der Waals surface area contributed by atoms with E-state index in [4.69, 9.17) is 4.42 Å². The molecule has 2 N–H and O–H groups in total. The molecular formula is C15H17N5O2S2. The Morgan fingerprint density at radius 1 is 1.46 bits per heavy atom. The molecule has 2 heterocycles. The third-order valence-corrected chi connectivity index (χ3v) is 5.79. The number of aromatic nitrogens is 2. The molecule has 126 valence electrons. The van der Waals surface area contributed by atoms with Gasteiger partial charge in [-0.2, -0.15) is 5.26 Å². The molecule has 1 aliphatic rings. The van der Waals surface area contributed by atoms with Gasteiger partial charge in [-0.15, -0.1) is 10.2 Å². The van der Waals surface area contributed by atoms with Crippen LogP contribution >= 0.6 is 23.1 Å². The fourth-order valence-corrected chi connectivity index (χ4v) is 4.14. The van der Waals surface area contributed by atoms with Gasteiger partial charge in [-0.25, -0.2) is 0 Å². The third kappa shape index (κ3) is 4.27. The van der Waals surface area contributed by atoms with Crippen molar-refractivity contribution in [2.45, 2.75) is 42.1 Å². The van der Waals surface area contributed by atoms with Crippen molar-refractivity contribution in [3.63, 3.8) is 0 Å². The largest absolute Gasteiger partial charge is 0.467 e. The molecule has 0 unspecified atom stereocenters. The highest BCUT2D eigenvalue weighted by Crippen LogP contribution is 2.30. The van der Waals surface area contributed by atoms with Crippen LogP contribution in [-0.4, -0.2) is 27.4 Å². The van der Waals surface area contributed by atoms with Crippen LogP contribution in [0.5, 0.6) is 0 Å². The number of hydrogen-bond donors (Lipinski definition) is 2. The number of thioether (sulfide) groups is 1. The standard InChI is InChI=1S/C15H17N5O2S2/c16-10-15(5-1-2-6-15)18-12(21)9-23-14-20-19-13(24-14)17-8-11-4-3-7-22-11/h3-4,7H,1-2,5-6,8-9H2,(H,17,19)(H,18,21). The van der Waals surface area contributed by atoms with Crippen LogP contribution in [0.2, 0.25) is 0 Å². The number of nitrogens with zero attached hydrogens (tertiary/aromatic N) is 3. The van der Waals surface area contributed by atoms with Crippen LogP contribution in [0, 0.1) is 11.3 Å². The van der Waals surface area contributed by atoms with Gasteiger partial charge in [0.15, 0.2) is 4.34 Å². The summed E-state index contributed by atoms with van der Waals surface area (Å²) in [6.45, 7) is 0.539. The second-order valence-electron chi connectivity index (χ2n) is 5.54. The lowest BCUT2D eigenvalue weighted by Crippen LogP contribution is -2.45. The number of carbonyl (C=O) groups is 1. The van der Waals surface area contributed by atoms with Crippen LogP contribution in [0.4, 0.5) is 5.13 Å². The molecule has 1 saturated carbocycles. The van der Waals surface area contributed by atoms with Gasteiger partial charge < -0.3 is 15.1 Å². The first kappa shape index (κ1) is 16.8. The second kappa shape index (κ2) is 7.68. The molecule has 9 heteroatoms. The van der Waals surface area contributed by atoms with Crippen molar-refractivity contribution in [3.05, 3.63) is 24.2 Å². The van der Waals surface area contributed by atoms with Gasteiger partial charge in [-0.05, 0) is 37.8 Å². The molecule has 24 heavy (non-hydrogen) atoms. The monoisotopic (exact) mass is 363 g/mol. The summed E-state index contributed by atoms with van der Waals surface area (Å²) >= 11 is 2.71. The highest BCUT2D eigenvalue weighted by atomic mass is 32.2. The van der Waals surface area contributed by atoms with E-state index < -0.39 is 5.54 Å². The molecule has 2 aromatic heterocycles. The molecule has 0 aromatic carbocycles. The highest BCUT2D eigenvalue weighted by molar-refractivity contribution is 8.01. The Bertz CT molecular complexity index is 717. The molecule has 0 atom stereocenters. The molecule has 0 spiro atoms. The topological polar surface area (TPSA) is 104 Å². The van der Waals surface area contributed by atoms with Crippen molar-refractivity contribution >= 4 is 34.1 Å². The Labute approximate surface area is 147 Å². The maximum atomic E-state index is 12.1. The molecule has 1 amide bonds. The van der Waals surface area contributed by atoms with Crippen molar-refractivity contribution in [2.75, 3.05) is 11.1 Å². The SMILES string of the molecule is N#CC1(NC(=O)CSc2nnc(NCc3ccco3)s2)CCCC1. The van der Waals surface area contributed by atoms with E-state index in [0.717, 1.165) is 31.4 Å². The number of amides is 1. The van der Waals surface area contributed by atoms with E-state index >= 15 is 0 Å². The summed E-state index contributed by atoms with van der Waals surface area (Å²) in [4.78, 5) is 12.1. The smallest absolute Gasteiger partial charge is 0.231 e. The van der Waals surface area contributed by atoms with Crippen LogP contribution in [0.3, 0.4) is 0 Å². The number of nitrogens with one attached hydrogen (secondary N) is 2. The van der Waals surface area contributed by atoms with Crippen LogP contribution in [0.25, 0.3) is 0 Å².